The molecular weight excluding hydrogens is 196 g/mol. The van der Waals surface area contributed by atoms with Gasteiger partial charge in [-0.2, -0.15) is 0 Å². The van der Waals surface area contributed by atoms with Gasteiger partial charge >= 0.3 is 0 Å². The summed E-state index contributed by atoms with van der Waals surface area (Å²) in [6.45, 7) is 4.35. The van der Waals surface area contributed by atoms with Gasteiger partial charge in [-0.3, -0.25) is 0 Å². The fourth-order valence-electron chi connectivity index (χ4n) is 2.48. The Morgan fingerprint density at radius 3 is 2.62 bits per heavy atom. The molecule has 0 radical (unpaired) electrons. The largest absolute Gasteiger partial charge is 0.326 e. The number of rotatable bonds is 2. The highest BCUT2D eigenvalue weighted by molar-refractivity contribution is 5.22. The number of likely N-dealkylation sites (N-methyl/N-ethyl adjacent to an activating group) is 1. The highest BCUT2D eigenvalue weighted by Crippen LogP contribution is 2.20. The van der Waals surface area contributed by atoms with Gasteiger partial charge in [0.15, 0.2) is 0 Å². The maximum absolute atomic E-state index is 6.21. The minimum Gasteiger partial charge on any atom is -0.326 e. The van der Waals surface area contributed by atoms with E-state index in [1.165, 1.54) is 24.1 Å². The van der Waals surface area contributed by atoms with Crippen molar-refractivity contribution in [1.29, 1.82) is 0 Å². The zero-order valence-corrected chi connectivity index (χ0v) is 10.3. The lowest BCUT2D eigenvalue weighted by Gasteiger charge is -2.34. The zero-order chi connectivity index (χ0) is 11.5. The lowest BCUT2D eigenvalue weighted by Crippen LogP contribution is -2.47. The molecular formula is C14H22N2. The molecule has 2 nitrogen and oxygen atoms in total. The lowest BCUT2D eigenvalue weighted by atomic mass is 9.86. The van der Waals surface area contributed by atoms with Crippen LogP contribution in [0.25, 0.3) is 0 Å². The summed E-state index contributed by atoms with van der Waals surface area (Å²) >= 11 is 0. The summed E-state index contributed by atoms with van der Waals surface area (Å²) in [6, 6.07) is 9.19. The summed E-state index contributed by atoms with van der Waals surface area (Å²) in [4.78, 5) is 2.33. The third kappa shape index (κ3) is 2.83. The summed E-state index contributed by atoms with van der Waals surface area (Å²) in [5.74, 6) is 0.652. The highest BCUT2D eigenvalue weighted by Gasteiger charge is 2.24. The van der Waals surface area contributed by atoms with E-state index in [1.54, 1.807) is 0 Å². The third-order valence-electron chi connectivity index (χ3n) is 3.63. The van der Waals surface area contributed by atoms with E-state index in [0.29, 0.717) is 12.0 Å². The van der Waals surface area contributed by atoms with Crippen molar-refractivity contribution in [2.24, 2.45) is 11.7 Å². The van der Waals surface area contributed by atoms with Crippen molar-refractivity contribution < 1.29 is 0 Å². The molecule has 1 fully saturated rings. The molecule has 0 bridgehead atoms. The van der Waals surface area contributed by atoms with Crippen LogP contribution in [0, 0.1) is 12.8 Å². The number of nitrogens with two attached hydrogens (primary N) is 1. The highest BCUT2D eigenvalue weighted by atomic mass is 15.1. The topological polar surface area (TPSA) is 29.3 Å². The molecule has 2 rings (SSSR count). The van der Waals surface area contributed by atoms with Gasteiger partial charge in [0, 0.05) is 12.6 Å². The van der Waals surface area contributed by atoms with Crippen LogP contribution in [0.3, 0.4) is 0 Å². The molecule has 0 amide bonds. The lowest BCUT2D eigenvalue weighted by molar-refractivity contribution is 0.190. The molecule has 2 heteroatoms. The standard InChI is InChI=1S/C14H22N2/c1-11-3-5-12(6-4-11)9-13-7-8-16(2)10-14(13)15/h3-6,13-14H,7-10,15H2,1-2H3. The van der Waals surface area contributed by atoms with Crippen LogP contribution in [0.15, 0.2) is 24.3 Å². The van der Waals surface area contributed by atoms with Crippen LogP contribution in [0.1, 0.15) is 17.5 Å². The van der Waals surface area contributed by atoms with Crippen molar-refractivity contribution in [1.82, 2.24) is 4.90 Å². The van der Waals surface area contributed by atoms with Gasteiger partial charge in [0.25, 0.3) is 0 Å². The fraction of sp³-hybridized carbons (Fsp3) is 0.571. The monoisotopic (exact) mass is 218 g/mol. The van der Waals surface area contributed by atoms with Gasteiger partial charge in [-0.05, 0) is 44.8 Å². The molecule has 2 atom stereocenters. The number of likely N-dealkylation sites (tertiary alicyclic amines) is 1. The summed E-state index contributed by atoms with van der Waals surface area (Å²) in [6.07, 6.45) is 2.36. The Balaban J connectivity index is 1.96. The van der Waals surface area contributed by atoms with Gasteiger partial charge in [-0.1, -0.05) is 29.8 Å². The number of hydrogen-bond donors (Lipinski definition) is 1. The van der Waals surface area contributed by atoms with E-state index in [-0.39, 0.29) is 0 Å². The van der Waals surface area contributed by atoms with E-state index in [1.807, 2.05) is 0 Å². The first-order valence-electron chi connectivity index (χ1n) is 6.15. The van der Waals surface area contributed by atoms with Crippen molar-refractivity contribution in [3.05, 3.63) is 35.4 Å². The molecule has 88 valence electrons. The normalized spacial score (nSPS) is 26.9. The average molecular weight is 218 g/mol. The van der Waals surface area contributed by atoms with E-state index in [0.717, 1.165) is 13.0 Å². The quantitative estimate of drug-likeness (QED) is 0.820. The first-order valence-corrected chi connectivity index (χ1v) is 6.15. The number of benzene rings is 1. The van der Waals surface area contributed by atoms with Crippen LogP contribution in [0.4, 0.5) is 0 Å². The van der Waals surface area contributed by atoms with Crippen molar-refractivity contribution in [3.63, 3.8) is 0 Å². The molecule has 1 aromatic carbocycles. The Labute approximate surface area is 98.4 Å². The van der Waals surface area contributed by atoms with Gasteiger partial charge in [0.1, 0.15) is 0 Å². The van der Waals surface area contributed by atoms with Crippen LogP contribution >= 0.6 is 0 Å². The van der Waals surface area contributed by atoms with Crippen LogP contribution in [0.5, 0.6) is 0 Å². The van der Waals surface area contributed by atoms with E-state index in [9.17, 15) is 0 Å². The fourth-order valence-corrected chi connectivity index (χ4v) is 2.48. The summed E-state index contributed by atoms with van der Waals surface area (Å²) < 4.78 is 0. The predicted molar refractivity (Wildman–Crippen MR) is 68.5 cm³/mol. The number of aryl methyl sites for hydroxylation is 1. The Hall–Kier alpha value is -0.860. The van der Waals surface area contributed by atoms with Crippen molar-refractivity contribution >= 4 is 0 Å². The zero-order valence-electron chi connectivity index (χ0n) is 10.3. The molecule has 0 aliphatic carbocycles. The second-order valence-electron chi connectivity index (χ2n) is 5.16. The smallest absolute Gasteiger partial charge is 0.0200 e. The second-order valence-corrected chi connectivity index (χ2v) is 5.16. The van der Waals surface area contributed by atoms with E-state index in [2.05, 4.69) is 43.1 Å². The molecule has 1 aromatic rings. The first kappa shape index (κ1) is 11.6. The van der Waals surface area contributed by atoms with Crippen LogP contribution < -0.4 is 5.73 Å². The minimum absolute atomic E-state index is 0.333. The molecule has 1 heterocycles. The predicted octanol–water partition coefficient (Wildman–Crippen LogP) is 1.82. The van der Waals surface area contributed by atoms with Gasteiger partial charge in [-0.25, -0.2) is 0 Å². The third-order valence-corrected chi connectivity index (χ3v) is 3.63. The minimum atomic E-state index is 0.333. The molecule has 1 aliphatic heterocycles. The second kappa shape index (κ2) is 4.98. The van der Waals surface area contributed by atoms with Gasteiger partial charge in [0.05, 0.1) is 0 Å². The van der Waals surface area contributed by atoms with E-state index >= 15 is 0 Å². The van der Waals surface area contributed by atoms with E-state index in [4.69, 9.17) is 5.73 Å². The number of hydrogen-bond acceptors (Lipinski definition) is 2. The summed E-state index contributed by atoms with van der Waals surface area (Å²) in [5.41, 5.74) is 8.96. The molecule has 0 spiro atoms. The average Bonchev–Trinajstić information content (AvgIpc) is 2.25. The van der Waals surface area contributed by atoms with Gasteiger partial charge in [0.2, 0.25) is 0 Å². The van der Waals surface area contributed by atoms with Crippen LogP contribution in [-0.2, 0) is 6.42 Å². The molecule has 0 saturated carbocycles. The summed E-state index contributed by atoms with van der Waals surface area (Å²) in [5, 5.41) is 0. The van der Waals surface area contributed by atoms with Crippen LogP contribution in [-0.4, -0.2) is 31.1 Å². The maximum Gasteiger partial charge on any atom is 0.0200 e. The van der Waals surface area contributed by atoms with Gasteiger partial charge < -0.3 is 10.6 Å². The Kier molecular flexibility index (Phi) is 3.62. The summed E-state index contributed by atoms with van der Waals surface area (Å²) in [7, 11) is 2.15. The molecule has 0 aromatic heterocycles. The molecule has 2 N–H and O–H groups in total. The molecule has 1 aliphatic rings. The van der Waals surface area contributed by atoms with Crippen molar-refractivity contribution in [2.75, 3.05) is 20.1 Å². The Morgan fingerprint density at radius 2 is 2.00 bits per heavy atom. The number of piperidine rings is 1. The van der Waals surface area contributed by atoms with Crippen molar-refractivity contribution in [2.45, 2.75) is 25.8 Å². The molecule has 1 saturated heterocycles. The maximum atomic E-state index is 6.21. The van der Waals surface area contributed by atoms with Crippen molar-refractivity contribution in [3.8, 4) is 0 Å². The Bertz CT molecular complexity index is 331. The molecule has 16 heavy (non-hydrogen) atoms. The van der Waals surface area contributed by atoms with E-state index < -0.39 is 0 Å². The van der Waals surface area contributed by atoms with Gasteiger partial charge in [-0.15, -0.1) is 0 Å². The Morgan fingerprint density at radius 1 is 1.31 bits per heavy atom. The number of nitrogens with zero attached hydrogens (tertiary/aromatic N) is 1. The van der Waals surface area contributed by atoms with Crippen LogP contribution in [0.2, 0.25) is 0 Å². The SMILES string of the molecule is Cc1ccc(CC2CCN(C)CC2N)cc1. The first-order chi connectivity index (χ1) is 7.65. The molecule has 2 unspecified atom stereocenters.